The largest absolute Gasteiger partial charge is 0.494 e. The van der Waals surface area contributed by atoms with Crippen LogP contribution in [0.25, 0.3) is 11.0 Å². The molecular formula is C14H18FN3O2S. The lowest BCUT2D eigenvalue weighted by Crippen LogP contribution is -2.33. The molecule has 0 aliphatic carbocycles. The van der Waals surface area contributed by atoms with Crippen molar-refractivity contribution in [3.63, 3.8) is 0 Å². The lowest BCUT2D eigenvalue weighted by Gasteiger charge is -2.19. The molecular weight excluding hydrogens is 293 g/mol. The number of amides is 1. The SMILES string of the molecule is CCN(CC)C(=O)Cn1c(=S)[nH]c2cc(F)c(OC)cc21. The first kappa shape index (κ1) is 15.5. The standard InChI is InChI=1S/C14H18FN3O2S/c1-4-17(5-2)13(19)8-18-11-7-12(20-3)9(15)6-10(11)16-14(18)21/h6-7H,4-5,8H2,1-3H3,(H,16,21). The van der Waals surface area contributed by atoms with Gasteiger partial charge in [-0.2, -0.15) is 0 Å². The molecule has 5 nitrogen and oxygen atoms in total. The van der Waals surface area contributed by atoms with E-state index in [2.05, 4.69) is 4.98 Å². The van der Waals surface area contributed by atoms with Gasteiger partial charge in [-0.3, -0.25) is 4.79 Å². The van der Waals surface area contributed by atoms with Crippen molar-refractivity contribution in [3.05, 3.63) is 22.7 Å². The Hall–Kier alpha value is -1.89. The van der Waals surface area contributed by atoms with Gasteiger partial charge in [0.05, 0.1) is 18.1 Å². The molecule has 2 aromatic rings. The third-order valence-corrected chi connectivity index (χ3v) is 3.78. The molecule has 21 heavy (non-hydrogen) atoms. The van der Waals surface area contributed by atoms with Crippen LogP contribution < -0.4 is 4.74 Å². The summed E-state index contributed by atoms with van der Waals surface area (Å²) >= 11 is 5.23. The number of H-pyrrole nitrogens is 1. The van der Waals surface area contributed by atoms with Gasteiger partial charge in [-0.1, -0.05) is 0 Å². The minimum Gasteiger partial charge on any atom is -0.494 e. The number of nitrogens with zero attached hydrogens (tertiary/aromatic N) is 2. The first-order chi connectivity index (χ1) is 10.0. The summed E-state index contributed by atoms with van der Waals surface area (Å²) in [6, 6.07) is 2.87. The van der Waals surface area contributed by atoms with E-state index >= 15 is 0 Å². The topological polar surface area (TPSA) is 50.3 Å². The number of benzene rings is 1. The molecule has 1 heterocycles. The maximum absolute atomic E-state index is 13.7. The molecule has 1 aromatic carbocycles. The molecule has 114 valence electrons. The van der Waals surface area contributed by atoms with E-state index in [0.29, 0.717) is 28.9 Å². The van der Waals surface area contributed by atoms with E-state index in [1.165, 1.54) is 13.2 Å². The molecule has 0 bridgehead atoms. The number of hydrogen-bond acceptors (Lipinski definition) is 3. The van der Waals surface area contributed by atoms with E-state index < -0.39 is 5.82 Å². The Kier molecular flexibility index (Phi) is 4.62. The Morgan fingerprint density at radius 2 is 2.10 bits per heavy atom. The number of aromatic amines is 1. The number of hydrogen-bond donors (Lipinski definition) is 1. The summed E-state index contributed by atoms with van der Waals surface area (Å²) in [6.45, 7) is 5.25. The number of nitrogens with one attached hydrogen (secondary N) is 1. The zero-order chi connectivity index (χ0) is 15.6. The zero-order valence-electron chi connectivity index (χ0n) is 12.3. The van der Waals surface area contributed by atoms with Crippen molar-refractivity contribution in [3.8, 4) is 5.75 Å². The molecule has 0 spiro atoms. The number of methoxy groups -OCH3 is 1. The highest BCUT2D eigenvalue weighted by molar-refractivity contribution is 7.71. The minimum atomic E-state index is -0.469. The summed E-state index contributed by atoms with van der Waals surface area (Å²) in [6.07, 6.45) is 0. The average molecular weight is 311 g/mol. The second kappa shape index (κ2) is 6.26. The molecule has 1 amide bonds. The van der Waals surface area contributed by atoms with Crippen LogP contribution in [0.1, 0.15) is 13.8 Å². The Morgan fingerprint density at radius 1 is 1.43 bits per heavy atom. The fraction of sp³-hybridized carbons (Fsp3) is 0.429. The molecule has 0 aliphatic heterocycles. The lowest BCUT2D eigenvalue weighted by molar-refractivity contribution is -0.131. The predicted molar refractivity (Wildman–Crippen MR) is 81.6 cm³/mol. The van der Waals surface area contributed by atoms with E-state index in [1.54, 1.807) is 15.5 Å². The monoisotopic (exact) mass is 311 g/mol. The number of likely N-dealkylation sites (N-methyl/N-ethyl adjacent to an activating group) is 1. The summed E-state index contributed by atoms with van der Waals surface area (Å²) in [5.74, 6) is -0.371. The van der Waals surface area contributed by atoms with Gasteiger partial charge in [-0.25, -0.2) is 4.39 Å². The van der Waals surface area contributed by atoms with Crippen LogP contribution in [0.15, 0.2) is 12.1 Å². The second-order valence-electron chi connectivity index (χ2n) is 4.59. The van der Waals surface area contributed by atoms with Crippen LogP contribution in [0.4, 0.5) is 4.39 Å². The normalized spacial score (nSPS) is 10.9. The zero-order valence-corrected chi connectivity index (χ0v) is 13.1. The fourth-order valence-corrected chi connectivity index (χ4v) is 2.56. The first-order valence-corrected chi connectivity index (χ1v) is 7.16. The van der Waals surface area contributed by atoms with E-state index in [9.17, 15) is 9.18 Å². The van der Waals surface area contributed by atoms with Crippen LogP contribution in [0.2, 0.25) is 0 Å². The number of aromatic nitrogens is 2. The Labute approximate surface area is 127 Å². The van der Waals surface area contributed by atoms with Gasteiger partial charge in [-0.05, 0) is 26.1 Å². The van der Waals surface area contributed by atoms with Gasteiger partial charge in [0.15, 0.2) is 16.3 Å². The Balaban J connectivity index is 2.46. The molecule has 0 fully saturated rings. The third kappa shape index (κ3) is 2.92. The summed E-state index contributed by atoms with van der Waals surface area (Å²) in [5, 5.41) is 0. The van der Waals surface area contributed by atoms with Gasteiger partial charge < -0.3 is 19.2 Å². The van der Waals surface area contributed by atoms with Crippen molar-refractivity contribution < 1.29 is 13.9 Å². The van der Waals surface area contributed by atoms with Gasteiger partial charge in [0, 0.05) is 25.2 Å². The van der Waals surface area contributed by atoms with Crippen molar-refractivity contribution in [1.29, 1.82) is 0 Å². The summed E-state index contributed by atoms with van der Waals surface area (Å²) in [7, 11) is 1.40. The van der Waals surface area contributed by atoms with Gasteiger partial charge in [0.25, 0.3) is 0 Å². The quantitative estimate of drug-likeness (QED) is 0.864. The molecule has 7 heteroatoms. The van der Waals surface area contributed by atoms with Gasteiger partial charge in [-0.15, -0.1) is 0 Å². The van der Waals surface area contributed by atoms with Crippen LogP contribution in [0, 0.1) is 10.6 Å². The van der Waals surface area contributed by atoms with Gasteiger partial charge >= 0.3 is 0 Å². The van der Waals surface area contributed by atoms with Gasteiger partial charge in [0.2, 0.25) is 5.91 Å². The number of halogens is 1. The maximum Gasteiger partial charge on any atom is 0.242 e. The Morgan fingerprint density at radius 3 is 2.67 bits per heavy atom. The molecule has 0 atom stereocenters. The van der Waals surface area contributed by atoms with Crippen molar-refractivity contribution >= 4 is 29.2 Å². The number of ether oxygens (including phenoxy) is 1. The van der Waals surface area contributed by atoms with Crippen LogP contribution in [-0.4, -0.2) is 40.6 Å². The molecule has 0 saturated carbocycles. The highest BCUT2D eigenvalue weighted by Crippen LogP contribution is 2.24. The molecule has 2 rings (SSSR count). The highest BCUT2D eigenvalue weighted by Gasteiger charge is 2.15. The number of carbonyl (C=O) groups is 1. The summed E-state index contributed by atoms with van der Waals surface area (Å²) < 4.78 is 20.7. The molecule has 1 N–H and O–H groups in total. The van der Waals surface area contributed by atoms with E-state index in [4.69, 9.17) is 17.0 Å². The predicted octanol–water partition coefficient (Wildman–Crippen LogP) is 2.71. The first-order valence-electron chi connectivity index (χ1n) is 6.75. The Bertz CT molecular complexity index is 719. The summed E-state index contributed by atoms with van der Waals surface area (Å²) in [4.78, 5) is 16.9. The van der Waals surface area contributed by atoms with E-state index in [1.807, 2.05) is 13.8 Å². The fourth-order valence-electron chi connectivity index (χ4n) is 2.28. The van der Waals surface area contributed by atoms with Gasteiger partial charge in [0.1, 0.15) is 6.54 Å². The molecule has 0 unspecified atom stereocenters. The molecule has 0 aliphatic rings. The lowest BCUT2D eigenvalue weighted by atomic mass is 10.3. The van der Waals surface area contributed by atoms with E-state index in [0.717, 1.165) is 0 Å². The number of fused-ring (bicyclic) bond motifs is 1. The van der Waals surface area contributed by atoms with E-state index in [-0.39, 0.29) is 18.2 Å². The van der Waals surface area contributed by atoms with Crippen LogP contribution in [0.5, 0.6) is 5.75 Å². The van der Waals surface area contributed by atoms with Crippen molar-refractivity contribution in [1.82, 2.24) is 14.5 Å². The maximum atomic E-state index is 13.7. The minimum absolute atomic E-state index is 0.0275. The molecule has 0 saturated heterocycles. The summed E-state index contributed by atoms with van der Waals surface area (Å²) in [5.41, 5.74) is 1.20. The highest BCUT2D eigenvalue weighted by atomic mass is 32.1. The smallest absolute Gasteiger partial charge is 0.242 e. The molecule has 0 radical (unpaired) electrons. The number of carbonyl (C=O) groups excluding carboxylic acids is 1. The van der Waals surface area contributed by atoms with Crippen molar-refractivity contribution in [2.45, 2.75) is 20.4 Å². The average Bonchev–Trinajstić information content (AvgIpc) is 2.74. The van der Waals surface area contributed by atoms with Crippen molar-refractivity contribution in [2.24, 2.45) is 0 Å². The van der Waals surface area contributed by atoms with Crippen LogP contribution in [-0.2, 0) is 11.3 Å². The number of rotatable bonds is 5. The van der Waals surface area contributed by atoms with Crippen LogP contribution >= 0.6 is 12.2 Å². The van der Waals surface area contributed by atoms with Crippen molar-refractivity contribution in [2.75, 3.05) is 20.2 Å². The second-order valence-corrected chi connectivity index (χ2v) is 4.97. The van der Waals surface area contributed by atoms with Crippen LogP contribution in [0.3, 0.4) is 0 Å². The third-order valence-electron chi connectivity index (χ3n) is 3.46. The number of imidazole rings is 1. The molecule has 1 aromatic heterocycles.